The molecule has 0 radical (unpaired) electrons. The van der Waals surface area contributed by atoms with Crippen LogP contribution in [0.25, 0.3) is 0 Å². The van der Waals surface area contributed by atoms with Crippen LogP contribution in [0.15, 0.2) is 30.6 Å². The van der Waals surface area contributed by atoms with Gasteiger partial charge in [0.1, 0.15) is 11.4 Å². The maximum Gasteiger partial charge on any atom is 0.413 e. The van der Waals surface area contributed by atoms with Gasteiger partial charge in [-0.3, -0.25) is 19.9 Å². The van der Waals surface area contributed by atoms with Crippen molar-refractivity contribution in [3.63, 3.8) is 0 Å². The van der Waals surface area contributed by atoms with E-state index >= 15 is 0 Å². The fourth-order valence-corrected chi connectivity index (χ4v) is 3.69. The van der Waals surface area contributed by atoms with Gasteiger partial charge in [0.2, 0.25) is 0 Å². The zero-order chi connectivity index (χ0) is 24.2. The summed E-state index contributed by atoms with van der Waals surface area (Å²) in [4.78, 5) is 47.8. The van der Waals surface area contributed by atoms with E-state index < -0.39 is 23.5 Å². The highest BCUT2D eigenvalue weighted by molar-refractivity contribution is 6.39. The highest BCUT2D eigenvalue weighted by atomic mass is 16.6. The lowest BCUT2D eigenvalue weighted by molar-refractivity contribution is -0.145. The van der Waals surface area contributed by atoms with Gasteiger partial charge in [0.05, 0.1) is 17.9 Å². The minimum Gasteiger partial charge on any atom is -0.444 e. The number of hydrogen-bond donors (Lipinski definition) is 2. The number of hydrogen-bond acceptors (Lipinski definition) is 6. The molecule has 2 aromatic rings. The second-order valence-corrected chi connectivity index (χ2v) is 9.21. The third-order valence-electron chi connectivity index (χ3n) is 5.23. The Bertz CT molecular complexity index is 1030. The topological polar surface area (TPSA) is 114 Å². The average molecular weight is 454 g/mol. The first-order chi connectivity index (χ1) is 15.5. The highest BCUT2D eigenvalue weighted by Gasteiger charge is 2.32. The van der Waals surface area contributed by atoms with E-state index in [1.807, 2.05) is 19.1 Å². The Hall–Kier alpha value is -3.49. The van der Waals surface area contributed by atoms with Crippen LogP contribution in [0.2, 0.25) is 0 Å². The fraction of sp³-hybridized carbons (Fsp3) is 0.458. The molecule has 1 saturated heterocycles. The Morgan fingerprint density at radius 2 is 1.82 bits per heavy atom. The van der Waals surface area contributed by atoms with Crippen LogP contribution in [-0.4, -0.2) is 44.9 Å². The van der Waals surface area contributed by atoms with Crippen LogP contribution in [0, 0.1) is 13.8 Å². The van der Waals surface area contributed by atoms with Crippen molar-refractivity contribution in [1.82, 2.24) is 14.9 Å². The average Bonchev–Trinajstić information content (AvgIpc) is 2.74. The molecule has 0 unspecified atom stereocenters. The Kier molecular flexibility index (Phi) is 7.30. The Balaban J connectivity index is 1.67. The molecule has 33 heavy (non-hydrogen) atoms. The first-order valence-electron chi connectivity index (χ1n) is 11.0. The van der Waals surface area contributed by atoms with Crippen LogP contribution in [0.3, 0.4) is 0 Å². The van der Waals surface area contributed by atoms with E-state index in [1.54, 1.807) is 44.9 Å². The summed E-state index contributed by atoms with van der Waals surface area (Å²) in [5.41, 5.74) is 2.18. The number of aryl methyl sites for hydroxylation is 2. The number of nitrogens with zero attached hydrogens (tertiary/aromatic N) is 3. The van der Waals surface area contributed by atoms with Gasteiger partial charge in [-0.2, -0.15) is 0 Å². The number of likely N-dealkylation sites (tertiary alicyclic amines) is 1. The molecule has 2 aromatic heterocycles. The van der Waals surface area contributed by atoms with Crippen LogP contribution >= 0.6 is 0 Å². The van der Waals surface area contributed by atoms with Crippen molar-refractivity contribution in [1.29, 1.82) is 0 Å². The van der Waals surface area contributed by atoms with Crippen molar-refractivity contribution in [3.05, 3.63) is 47.4 Å². The lowest BCUT2D eigenvalue weighted by Crippen LogP contribution is -2.44. The SMILES string of the molecule is Cc1ccc([C@@H]2CCCCN2C(=O)C(=O)Nc2cnc(NC(=O)OC(C)(C)C)c(C)c2)cn1. The number of carbonyl (C=O) groups excluding carboxylic acids is 3. The maximum absolute atomic E-state index is 13.0. The molecular weight excluding hydrogens is 422 g/mol. The molecule has 0 aromatic carbocycles. The van der Waals surface area contributed by atoms with Crippen molar-refractivity contribution in [2.75, 3.05) is 17.2 Å². The summed E-state index contributed by atoms with van der Waals surface area (Å²) in [6, 6.07) is 5.33. The van der Waals surface area contributed by atoms with Crippen molar-refractivity contribution < 1.29 is 19.1 Å². The summed E-state index contributed by atoms with van der Waals surface area (Å²) in [5.74, 6) is -0.999. The predicted molar refractivity (Wildman–Crippen MR) is 125 cm³/mol. The van der Waals surface area contributed by atoms with Crippen LogP contribution in [0.4, 0.5) is 16.3 Å². The van der Waals surface area contributed by atoms with E-state index in [-0.39, 0.29) is 6.04 Å². The first kappa shape index (κ1) is 24.2. The first-order valence-corrected chi connectivity index (χ1v) is 11.0. The molecule has 3 rings (SSSR count). The summed E-state index contributed by atoms with van der Waals surface area (Å²) in [7, 11) is 0. The molecule has 3 heterocycles. The maximum atomic E-state index is 13.0. The van der Waals surface area contributed by atoms with Gasteiger partial charge >= 0.3 is 17.9 Å². The van der Waals surface area contributed by atoms with Crippen LogP contribution in [-0.2, 0) is 14.3 Å². The Morgan fingerprint density at radius 1 is 1.06 bits per heavy atom. The molecule has 3 amide bonds. The van der Waals surface area contributed by atoms with Gasteiger partial charge in [-0.15, -0.1) is 0 Å². The number of anilines is 2. The number of rotatable bonds is 3. The molecule has 1 aliphatic heterocycles. The van der Waals surface area contributed by atoms with Crippen molar-refractivity contribution in [2.45, 2.75) is 65.5 Å². The van der Waals surface area contributed by atoms with E-state index in [1.165, 1.54) is 6.20 Å². The lowest BCUT2D eigenvalue weighted by Gasteiger charge is -2.35. The molecule has 0 aliphatic carbocycles. The number of amides is 3. The zero-order valence-corrected chi connectivity index (χ0v) is 19.8. The number of nitrogens with one attached hydrogen (secondary N) is 2. The third kappa shape index (κ3) is 6.50. The monoisotopic (exact) mass is 453 g/mol. The van der Waals surface area contributed by atoms with Gasteiger partial charge in [0, 0.05) is 18.4 Å². The van der Waals surface area contributed by atoms with E-state index in [0.717, 1.165) is 30.5 Å². The standard InChI is InChI=1S/C24H31N5O4/c1-15-12-18(14-26-20(15)28-23(32)33-24(3,4)5)27-21(30)22(31)29-11-7-6-8-19(29)17-10-9-16(2)25-13-17/h9-10,12-14,19H,6-8,11H2,1-5H3,(H,27,30)(H,26,28,32)/t19-/m0/s1. The van der Waals surface area contributed by atoms with Gasteiger partial charge in [0.15, 0.2) is 0 Å². The largest absolute Gasteiger partial charge is 0.444 e. The predicted octanol–water partition coefficient (Wildman–Crippen LogP) is 4.13. The molecule has 0 spiro atoms. The quantitative estimate of drug-likeness (QED) is 0.676. The Morgan fingerprint density at radius 3 is 2.45 bits per heavy atom. The van der Waals surface area contributed by atoms with Crippen molar-refractivity contribution in [3.8, 4) is 0 Å². The second-order valence-electron chi connectivity index (χ2n) is 9.21. The number of aromatic nitrogens is 2. The zero-order valence-electron chi connectivity index (χ0n) is 19.8. The second kappa shape index (κ2) is 9.97. The number of piperidine rings is 1. The number of ether oxygens (including phenoxy) is 1. The molecule has 1 atom stereocenters. The van der Waals surface area contributed by atoms with E-state index in [2.05, 4.69) is 20.6 Å². The van der Waals surface area contributed by atoms with Gasteiger partial charge < -0.3 is 15.0 Å². The van der Waals surface area contributed by atoms with E-state index in [9.17, 15) is 14.4 Å². The smallest absolute Gasteiger partial charge is 0.413 e. The third-order valence-corrected chi connectivity index (χ3v) is 5.23. The highest BCUT2D eigenvalue weighted by Crippen LogP contribution is 2.31. The van der Waals surface area contributed by atoms with Gasteiger partial charge in [-0.25, -0.2) is 9.78 Å². The Labute approximate surface area is 193 Å². The summed E-state index contributed by atoms with van der Waals surface area (Å²) >= 11 is 0. The molecule has 1 fully saturated rings. The minimum absolute atomic E-state index is 0.176. The van der Waals surface area contributed by atoms with E-state index in [4.69, 9.17) is 4.74 Å². The molecule has 176 valence electrons. The molecule has 0 bridgehead atoms. The molecule has 2 N–H and O–H groups in total. The van der Waals surface area contributed by atoms with Crippen LogP contribution in [0.1, 0.15) is 62.9 Å². The molecular formula is C24H31N5O4. The summed E-state index contributed by atoms with van der Waals surface area (Å²) in [6.07, 6.45) is 5.16. The molecule has 1 aliphatic rings. The van der Waals surface area contributed by atoms with Crippen LogP contribution in [0.5, 0.6) is 0 Å². The van der Waals surface area contributed by atoms with Gasteiger partial charge in [0.25, 0.3) is 0 Å². The van der Waals surface area contributed by atoms with Crippen LogP contribution < -0.4 is 10.6 Å². The van der Waals surface area contributed by atoms with Crippen molar-refractivity contribution >= 4 is 29.4 Å². The number of pyridine rings is 2. The van der Waals surface area contributed by atoms with Gasteiger partial charge in [-0.1, -0.05) is 6.07 Å². The molecule has 9 nitrogen and oxygen atoms in total. The molecule has 9 heteroatoms. The van der Waals surface area contributed by atoms with Crippen molar-refractivity contribution in [2.24, 2.45) is 0 Å². The lowest BCUT2D eigenvalue weighted by atomic mass is 9.96. The molecule has 0 saturated carbocycles. The summed E-state index contributed by atoms with van der Waals surface area (Å²) in [6.45, 7) is 9.47. The summed E-state index contributed by atoms with van der Waals surface area (Å²) in [5, 5.41) is 5.21. The fourth-order valence-electron chi connectivity index (χ4n) is 3.69. The van der Waals surface area contributed by atoms with E-state index in [0.29, 0.717) is 23.6 Å². The summed E-state index contributed by atoms with van der Waals surface area (Å²) < 4.78 is 5.23. The number of carbonyl (C=O) groups is 3. The minimum atomic E-state index is -0.726. The normalized spacial score (nSPS) is 16.2. The van der Waals surface area contributed by atoms with Gasteiger partial charge in [-0.05, 0) is 77.1 Å².